The summed E-state index contributed by atoms with van der Waals surface area (Å²) in [6, 6.07) is 9.14. The van der Waals surface area contributed by atoms with Crippen molar-refractivity contribution in [1.82, 2.24) is 4.98 Å². The number of rotatable bonds is 4. The molecule has 0 aliphatic carbocycles. The van der Waals surface area contributed by atoms with E-state index >= 15 is 0 Å². The molecule has 7 heteroatoms. The Morgan fingerprint density at radius 1 is 1.23 bits per heavy atom. The van der Waals surface area contributed by atoms with Crippen molar-refractivity contribution in [3.8, 4) is 0 Å². The molecule has 0 radical (unpaired) electrons. The van der Waals surface area contributed by atoms with Gasteiger partial charge in [-0.15, -0.1) is 11.3 Å². The highest BCUT2D eigenvalue weighted by atomic mass is 32.1. The summed E-state index contributed by atoms with van der Waals surface area (Å²) < 4.78 is 0.959. The summed E-state index contributed by atoms with van der Waals surface area (Å²) in [6.07, 6.45) is 0.415. The number of carbonyl (C=O) groups excluding carboxylic acids is 2. The van der Waals surface area contributed by atoms with Crippen molar-refractivity contribution in [1.29, 1.82) is 0 Å². The van der Waals surface area contributed by atoms with Gasteiger partial charge in [-0.25, -0.2) is 4.98 Å². The third kappa shape index (κ3) is 3.15. The van der Waals surface area contributed by atoms with Gasteiger partial charge in [-0.2, -0.15) is 0 Å². The fourth-order valence-electron chi connectivity index (χ4n) is 1.87. The Labute approximate surface area is 135 Å². The molecule has 112 valence electrons. The molecule has 2 amide bonds. The van der Waals surface area contributed by atoms with Gasteiger partial charge in [-0.1, -0.05) is 24.3 Å². The first-order chi connectivity index (χ1) is 10.7. The number of amides is 2. The minimum absolute atomic E-state index is 0.0646. The van der Waals surface area contributed by atoms with Crippen molar-refractivity contribution in [3.05, 3.63) is 40.6 Å². The lowest BCUT2D eigenvalue weighted by atomic mass is 10.3. The number of carbonyl (C=O) groups is 2. The van der Waals surface area contributed by atoms with Gasteiger partial charge in [-0.05, 0) is 29.6 Å². The molecule has 3 aromatic rings. The Bertz CT molecular complexity index is 825. The largest absolute Gasteiger partial charge is 0.321 e. The maximum Gasteiger partial charge on any atom is 0.265 e. The van der Waals surface area contributed by atoms with Crippen LogP contribution in [0.5, 0.6) is 0 Å². The summed E-state index contributed by atoms with van der Waals surface area (Å²) >= 11 is 2.81. The van der Waals surface area contributed by atoms with Crippen molar-refractivity contribution >= 4 is 55.5 Å². The molecule has 22 heavy (non-hydrogen) atoms. The molecule has 1 aromatic carbocycles. The summed E-state index contributed by atoms with van der Waals surface area (Å²) in [5.41, 5.74) is 1.44. The van der Waals surface area contributed by atoms with Crippen LogP contribution in [-0.4, -0.2) is 16.8 Å². The van der Waals surface area contributed by atoms with E-state index in [0.717, 1.165) is 10.2 Å². The van der Waals surface area contributed by atoms with Gasteiger partial charge in [0.25, 0.3) is 5.91 Å². The average Bonchev–Trinajstić information content (AvgIpc) is 3.15. The summed E-state index contributed by atoms with van der Waals surface area (Å²) in [5.74, 6) is -0.200. The average molecular weight is 331 g/mol. The minimum Gasteiger partial charge on any atom is -0.321 e. The lowest BCUT2D eigenvalue weighted by molar-refractivity contribution is -0.115. The van der Waals surface area contributed by atoms with E-state index in [1.54, 1.807) is 19.1 Å². The first-order valence-corrected chi connectivity index (χ1v) is 8.40. The quantitative estimate of drug-likeness (QED) is 0.760. The highest BCUT2D eigenvalue weighted by molar-refractivity contribution is 7.22. The third-order valence-corrected chi connectivity index (χ3v) is 4.78. The van der Waals surface area contributed by atoms with Gasteiger partial charge in [-0.3, -0.25) is 9.59 Å². The Morgan fingerprint density at radius 3 is 2.82 bits per heavy atom. The minimum atomic E-state index is -0.135. The molecule has 0 saturated heterocycles. The van der Waals surface area contributed by atoms with Gasteiger partial charge in [0.05, 0.1) is 15.1 Å². The number of nitrogens with one attached hydrogen (secondary N) is 2. The number of aromatic nitrogens is 1. The van der Waals surface area contributed by atoms with Crippen LogP contribution in [0.15, 0.2) is 35.7 Å². The molecule has 3 rings (SSSR count). The Kier molecular flexibility index (Phi) is 4.17. The second-order valence-electron chi connectivity index (χ2n) is 4.53. The van der Waals surface area contributed by atoms with Crippen LogP contribution in [0.1, 0.15) is 23.0 Å². The van der Waals surface area contributed by atoms with Crippen LogP contribution in [0.25, 0.3) is 10.2 Å². The normalized spacial score (nSPS) is 10.6. The van der Waals surface area contributed by atoms with Gasteiger partial charge in [0.15, 0.2) is 5.13 Å². The maximum absolute atomic E-state index is 12.0. The molecular weight excluding hydrogens is 318 g/mol. The zero-order valence-corrected chi connectivity index (χ0v) is 13.4. The van der Waals surface area contributed by atoms with Crippen molar-refractivity contribution < 1.29 is 9.59 Å². The molecular formula is C15H13N3O2S2. The van der Waals surface area contributed by atoms with E-state index in [4.69, 9.17) is 0 Å². The van der Waals surface area contributed by atoms with Crippen LogP contribution in [0.3, 0.4) is 0 Å². The molecule has 2 N–H and O–H groups in total. The first-order valence-electron chi connectivity index (χ1n) is 6.71. The monoisotopic (exact) mass is 331 g/mol. The molecule has 0 bridgehead atoms. The van der Waals surface area contributed by atoms with Crippen LogP contribution >= 0.6 is 22.7 Å². The van der Waals surface area contributed by atoms with Gasteiger partial charge in [0.2, 0.25) is 5.91 Å². The standard InChI is InChI=1S/C15H13N3O2S2/c1-2-13(19)18-15-17-10-8-9(5-6-11(10)22-15)16-14(20)12-4-3-7-21-12/h3-8H,2H2,1H3,(H,16,20)(H,17,18,19). The van der Waals surface area contributed by atoms with E-state index in [0.29, 0.717) is 22.1 Å². The zero-order valence-electron chi connectivity index (χ0n) is 11.8. The molecule has 0 saturated carbocycles. The van der Waals surface area contributed by atoms with Crippen LogP contribution < -0.4 is 10.6 Å². The second kappa shape index (κ2) is 6.25. The number of thiazole rings is 1. The Balaban J connectivity index is 1.80. The van der Waals surface area contributed by atoms with E-state index in [1.165, 1.54) is 22.7 Å². The van der Waals surface area contributed by atoms with E-state index in [2.05, 4.69) is 15.6 Å². The van der Waals surface area contributed by atoms with Crippen molar-refractivity contribution in [2.24, 2.45) is 0 Å². The molecule has 0 fully saturated rings. The first kappa shape index (κ1) is 14.7. The summed E-state index contributed by atoms with van der Waals surface area (Å²) in [5, 5.41) is 8.03. The zero-order chi connectivity index (χ0) is 15.5. The fourth-order valence-corrected chi connectivity index (χ4v) is 3.35. The number of benzene rings is 1. The molecule has 0 unspecified atom stereocenters. The number of thiophene rings is 1. The second-order valence-corrected chi connectivity index (χ2v) is 6.51. The number of anilines is 2. The van der Waals surface area contributed by atoms with Gasteiger partial charge >= 0.3 is 0 Å². The molecule has 2 aromatic heterocycles. The topological polar surface area (TPSA) is 71.1 Å². The van der Waals surface area contributed by atoms with E-state index in [-0.39, 0.29) is 11.8 Å². The number of fused-ring (bicyclic) bond motifs is 1. The smallest absolute Gasteiger partial charge is 0.265 e. The van der Waals surface area contributed by atoms with E-state index in [1.807, 2.05) is 23.6 Å². The molecule has 0 atom stereocenters. The summed E-state index contributed by atoms with van der Waals surface area (Å²) in [4.78, 5) is 28.5. The number of nitrogens with zero attached hydrogens (tertiary/aromatic N) is 1. The molecule has 5 nitrogen and oxygen atoms in total. The van der Waals surface area contributed by atoms with E-state index in [9.17, 15) is 9.59 Å². The lowest BCUT2D eigenvalue weighted by Gasteiger charge is -2.02. The van der Waals surface area contributed by atoms with Gasteiger partial charge in [0, 0.05) is 12.1 Å². The highest BCUT2D eigenvalue weighted by Gasteiger charge is 2.10. The molecule has 0 aliphatic heterocycles. The number of hydrogen-bond acceptors (Lipinski definition) is 5. The highest BCUT2D eigenvalue weighted by Crippen LogP contribution is 2.28. The van der Waals surface area contributed by atoms with Crippen molar-refractivity contribution in [3.63, 3.8) is 0 Å². The van der Waals surface area contributed by atoms with Crippen molar-refractivity contribution in [2.75, 3.05) is 10.6 Å². The van der Waals surface area contributed by atoms with E-state index < -0.39 is 0 Å². The van der Waals surface area contributed by atoms with Crippen LogP contribution in [-0.2, 0) is 4.79 Å². The predicted molar refractivity (Wildman–Crippen MR) is 90.8 cm³/mol. The molecule has 0 aliphatic rings. The fraction of sp³-hybridized carbons (Fsp3) is 0.133. The Morgan fingerprint density at radius 2 is 2.09 bits per heavy atom. The Hall–Kier alpha value is -2.25. The van der Waals surface area contributed by atoms with Gasteiger partial charge in [0.1, 0.15) is 0 Å². The van der Waals surface area contributed by atoms with Crippen LogP contribution in [0.2, 0.25) is 0 Å². The predicted octanol–water partition coefficient (Wildman–Crippen LogP) is 3.96. The number of hydrogen-bond donors (Lipinski definition) is 2. The molecule has 0 spiro atoms. The molecule has 2 heterocycles. The van der Waals surface area contributed by atoms with Gasteiger partial charge < -0.3 is 10.6 Å². The maximum atomic E-state index is 12.0. The lowest BCUT2D eigenvalue weighted by Crippen LogP contribution is -2.09. The summed E-state index contributed by atoms with van der Waals surface area (Å²) in [7, 11) is 0. The third-order valence-electron chi connectivity index (χ3n) is 2.96. The van der Waals surface area contributed by atoms with Crippen LogP contribution in [0, 0.1) is 0 Å². The summed E-state index contributed by atoms with van der Waals surface area (Å²) in [6.45, 7) is 1.79. The van der Waals surface area contributed by atoms with Crippen LogP contribution in [0.4, 0.5) is 10.8 Å². The SMILES string of the molecule is CCC(=O)Nc1nc2cc(NC(=O)c3cccs3)ccc2s1. The van der Waals surface area contributed by atoms with Crippen molar-refractivity contribution in [2.45, 2.75) is 13.3 Å².